The third-order valence-corrected chi connectivity index (χ3v) is 5.30. The van der Waals surface area contributed by atoms with Crippen molar-refractivity contribution in [1.82, 2.24) is 15.1 Å². The molecule has 20 heavy (non-hydrogen) atoms. The van der Waals surface area contributed by atoms with E-state index in [0.29, 0.717) is 16.5 Å². The number of hydrogen-bond donors (Lipinski definition) is 2. The van der Waals surface area contributed by atoms with E-state index >= 15 is 0 Å². The second kappa shape index (κ2) is 4.79. The topological polar surface area (TPSA) is 123 Å². The van der Waals surface area contributed by atoms with Crippen molar-refractivity contribution in [3.63, 3.8) is 0 Å². The number of carbonyl (C=O) groups is 2. The van der Waals surface area contributed by atoms with Crippen LogP contribution in [0.3, 0.4) is 0 Å². The molecule has 0 spiro atoms. The first-order chi connectivity index (χ1) is 9.49. The second-order valence-corrected chi connectivity index (χ2v) is 6.35. The molecule has 2 aliphatic heterocycles. The predicted octanol–water partition coefficient (Wildman–Crippen LogP) is 0.00872. The Bertz CT molecular complexity index is 629. The van der Waals surface area contributed by atoms with Crippen LogP contribution in [-0.2, 0) is 9.59 Å². The predicted molar refractivity (Wildman–Crippen MR) is 70.6 cm³/mol. The zero-order valence-electron chi connectivity index (χ0n) is 10.3. The van der Waals surface area contributed by atoms with Crippen molar-refractivity contribution in [3.8, 4) is 0 Å². The molecule has 106 valence electrons. The van der Waals surface area contributed by atoms with Gasteiger partial charge in [0, 0.05) is 17.6 Å². The van der Waals surface area contributed by atoms with Crippen LogP contribution < -0.4 is 5.73 Å². The Kier molecular flexibility index (Phi) is 3.22. The van der Waals surface area contributed by atoms with Crippen molar-refractivity contribution < 1.29 is 19.1 Å². The number of amides is 1. The summed E-state index contributed by atoms with van der Waals surface area (Å²) in [4.78, 5) is 24.9. The smallest absolute Gasteiger partial charge is 0.353 e. The first-order valence-corrected chi connectivity index (χ1v) is 7.50. The van der Waals surface area contributed by atoms with Gasteiger partial charge in [-0.25, -0.2) is 4.79 Å². The van der Waals surface area contributed by atoms with Gasteiger partial charge in [0.1, 0.15) is 17.1 Å². The summed E-state index contributed by atoms with van der Waals surface area (Å²) in [5, 5.41) is 16.8. The fourth-order valence-corrected chi connectivity index (χ4v) is 4.31. The van der Waals surface area contributed by atoms with Crippen LogP contribution in [0.5, 0.6) is 0 Å². The summed E-state index contributed by atoms with van der Waals surface area (Å²) in [5.41, 5.74) is 5.62. The summed E-state index contributed by atoms with van der Waals surface area (Å²) < 4.78 is 5.22. The molecule has 3 rings (SSSR count). The molecule has 3 N–H and O–H groups in total. The van der Waals surface area contributed by atoms with Gasteiger partial charge in [0.05, 0.1) is 0 Å². The van der Waals surface area contributed by atoms with Crippen LogP contribution in [-0.4, -0.2) is 49.2 Å². The summed E-state index contributed by atoms with van der Waals surface area (Å²) in [6, 6.07) is -0.633. The van der Waals surface area contributed by atoms with Gasteiger partial charge in [-0.05, 0) is 11.8 Å². The third kappa shape index (κ3) is 2.00. The number of nitrogens with zero attached hydrogens (tertiary/aromatic N) is 3. The molecule has 0 aliphatic carbocycles. The number of aryl methyl sites for hydroxylation is 1. The molecule has 10 heteroatoms. The van der Waals surface area contributed by atoms with E-state index < -0.39 is 12.0 Å². The number of aliphatic carboxylic acids is 1. The van der Waals surface area contributed by atoms with Crippen LogP contribution in [0.15, 0.2) is 20.2 Å². The Balaban J connectivity index is 1.94. The summed E-state index contributed by atoms with van der Waals surface area (Å²) in [7, 11) is 0. The van der Waals surface area contributed by atoms with Crippen LogP contribution in [0, 0.1) is 6.92 Å². The van der Waals surface area contributed by atoms with Crippen molar-refractivity contribution in [1.29, 1.82) is 0 Å². The molecule has 2 aliphatic rings. The maximum Gasteiger partial charge on any atom is 0.353 e. The lowest BCUT2D eigenvalue weighted by Crippen LogP contribution is -2.68. The fourth-order valence-electron chi connectivity index (χ4n) is 1.99. The Hall–Kier alpha value is -1.52. The average Bonchev–Trinajstić information content (AvgIpc) is 2.82. The Morgan fingerprint density at radius 3 is 2.95 bits per heavy atom. The van der Waals surface area contributed by atoms with Crippen molar-refractivity contribution in [2.24, 2.45) is 5.73 Å². The van der Waals surface area contributed by atoms with Crippen LogP contribution in [0.2, 0.25) is 0 Å². The number of thioether (sulfide) groups is 2. The van der Waals surface area contributed by atoms with Gasteiger partial charge in [-0.3, -0.25) is 9.69 Å². The van der Waals surface area contributed by atoms with Gasteiger partial charge in [0.15, 0.2) is 0 Å². The number of nitrogens with two attached hydrogens (primary N) is 1. The molecule has 1 aromatic rings. The minimum atomic E-state index is -1.16. The molecule has 0 radical (unpaired) electrons. The quantitative estimate of drug-likeness (QED) is 0.742. The zero-order valence-corrected chi connectivity index (χ0v) is 11.9. The molecular formula is C10H10N4O4S2. The number of carbonyl (C=O) groups excluding carboxylic acids is 1. The number of β-lactam (4-membered cyclic amide) rings is 1. The number of fused-ring (bicyclic) bond motifs is 1. The Labute approximate surface area is 121 Å². The Morgan fingerprint density at radius 1 is 1.60 bits per heavy atom. The highest BCUT2D eigenvalue weighted by atomic mass is 32.2. The SMILES string of the molecule is Cc1nnc(SC2=C(C(=O)O)N3C(=O)C(N)C3SC2)o1. The first-order valence-electron chi connectivity index (χ1n) is 5.63. The lowest BCUT2D eigenvalue weighted by Gasteiger charge is -2.47. The number of carboxylic acid groups (broad SMARTS) is 1. The average molecular weight is 314 g/mol. The zero-order chi connectivity index (χ0) is 14.4. The van der Waals surface area contributed by atoms with Gasteiger partial charge < -0.3 is 15.3 Å². The molecule has 0 aromatic carbocycles. The van der Waals surface area contributed by atoms with Gasteiger partial charge in [0.2, 0.25) is 11.8 Å². The van der Waals surface area contributed by atoms with E-state index in [9.17, 15) is 14.7 Å². The normalized spacial score (nSPS) is 25.5. The molecule has 8 nitrogen and oxygen atoms in total. The van der Waals surface area contributed by atoms with Gasteiger partial charge in [0.25, 0.3) is 5.22 Å². The van der Waals surface area contributed by atoms with Gasteiger partial charge in [-0.2, -0.15) is 0 Å². The molecular weight excluding hydrogens is 304 g/mol. The summed E-state index contributed by atoms with van der Waals surface area (Å²) in [6.45, 7) is 1.65. The number of rotatable bonds is 3. The van der Waals surface area contributed by atoms with Crippen LogP contribution in [0.4, 0.5) is 0 Å². The summed E-state index contributed by atoms with van der Waals surface area (Å²) in [5.74, 6) is -0.697. The van der Waals surface area contributed by atoms with E-state index in [1.807, 2.05) is 0 Å². The van der Waals surface area contributed by atoms with Crippen molar-refractivity contribution in [2.45, 2.75) is 23.6 Å². The molecule has 1 saturated heterocycles. The van der Waals surface area contributed by atoms with E-state index in [0.717, 1.165) is 11.8 Å². The van der Waals surface area contributed by atoms with Crippen molar-refractivity contribution >= 4 is 35.4 Å². The highest BCUT2D eigenvalue weighted by Crippen LogP contribution is 2.44. The highest BCUT2D eigenvalue weighted by molar-refractivity contribution is 8.06. The van der Waals surface area contributed by atoms with Crippen molar-refractivity contribution in [3.05, 3.63) is 16.5 Å². The maximum absolute atomic E-state index is 11.7. The number of hydrogen-bond acceptors (Lipinski definition) is 8. The van der Waals surface area contributed by atoms with E-state index in [4.69, 9.17) is 10.2 Å². The van der Waals surface area contributed by atoms with E-state index in [2.05, 4.69) is 10.2 Å². The van der Waals surface area contributed by atoms with Gasteiger partial charge in [-0.15, -0.1) is 22.0 Å². The third-order valence-electron chi connectivity index (χ3n) is 2.90. The monoisotopic (exact) mass is 314 g/mol. The minimum absolute atomic E-state index is 0.0405. The maximum atomic E-state index is 11.7. The second-order valence-electron chi connectivity index (χ2n) is 4.20. The van der Waals surface area contributed by atoms with Crippen LogP contribution >= 0.6 is 23.5 Å². The van der Waals surface area contributed by atoms with Crippen LogP contribution in [0.25, 0.3) is 0 Å². The molecule has 0 saturated carbocycles. The molecule has 2 atom stereocenters. The number of aromatic nitrogens is 2. The van der Waals surface area contributed by atoms with Gasteiger partial charge >= 0.3 is 5.97 Å². The molecule has 1 aromatic heterocycles. The molecule has 1 amide bonds. The Morgan fingerprint density at radius 2 is 2.35 bits per heavy atom. The fraction of sp³-hybridized carbons (Fsp3) is 0.400. The summed E-state index contributed by atoms with van der Waals surface area (Å²) >= 11 is 2.50. The highest BCUT2D eigenvalue weighted by Gasteiger charge is 2.52. The summed E-state index contributed by atoms with van der Waals surface area (Å²) in [6.07, 6.45) is 0. The minimum Gasteiger partial charge on any atom is -0.477 e. The van der Waals surface area contributed by atoms with E-state index in [-0.39, 0.29) is 22.2 Å². The standard InChI is InChI=1S/C10H10N4O4S2/c1-3-12-13-10(18-3)20-4-2-19-8-5(11)7(15)14(8)6(4)9(16)17/h5,8H,2,11H2,1H3,(H,16,17). The lowest BCUT2D eigenvalue weighted by molar-refractivity contribution is -0.147. The first kappa shape index (κ1) is 13.5. The van der Waals surface area contributed by atoms with Crippen molar-refractivity contribution in [2.75, 3.05) is 5.75 Å². The van der Waals surface area contributed by atoms with Crippen LogP contribution in [0.1, 0.15) is 5.89 Å². The molecule has 1 fully saturated rings. The largest absolute Gasteiger partial charge is 0.477 e. The van der Waals surface area contributed by atoms with E-state index in [1.54, 1.807) is 6.92 Å². The lowest BCUT2D eigenvalue weighted by atomic mass is 10.1. The van der Waals surface area contributed by atoms with Gasteiger partial charge in [-0.1, -0.05) is 0 Å². The molecule has 2 unspecified atom stereocenters. The van der Waals surface area contributed by atoms with E-state index in [1.165, 1.54) is 16.7 Å². The number of carboxylic acids is 1. The molecule has 0 bridgehead atoms. The molecule has 3 heterocycles.